The lowest BCUT2D eigenvalue weighted by Crippen LogP contribution is -2.36. The molecule has 0 spiro atoms. The fourth-order valence-electron chi connectivity index (χ4n) is 1.54. The van der Waals surface area contributed by atoms with E-state index < -0.39 is 11.6 Å². The molecule has 0 saturated carbocycles. The lowest BCUT2D eigenvalue weighted by Gasteiger charge is -2.14. The largest absolute Gasteiger partial charge is 0.383 e. The number of benzene rings is 1. The molecule has 19 heavy (non-hydrogen) atoms. The predicted octanol–water partition coefficient (Wildman–Crippen LogP) is 1.38. The van der Waals surface area contributed by atoms with Crippen molar-refractivity contribution in [2.24, 2.45) is 0 Å². The van der Waals surface area contributed by atoms with Gasteiger partial charge in [-0.15, -0.1) is 0 Å². The Morgan fingerprint density at radius 3 is 2.53 bits per heavy atom. The summed E-state index contributed by atoms with van der Waals surface area (Å²) in [5.41, 5.74) is 0.460. The van der Waals surface area contributed by atoms with Gasteiger partial charge in [0.1, 0.15) is 11.6 Å². The summed E-state index contributed by atoms with van der Waals surface area (Å²) in [6.45, 7) is 2.68. The number of carbonyl (C=O) groups excluding carboxylic acids is 1. The van der Waals surface area contributed by atoms with Gasteiger partial charge in [-0.25, -0.2) is 8.78 Å². The number of methoxy groups -OCH3 is 1. The maximum Gasteiger partial charge on any atom is 0.234 e. The minimum absolute atomic E-state index is 0.0724. The standard InChI is InChI=1S/C13H18F2N2O2/c1-9(10-5-11(14)7-12(15)6-10)17-8-13(18)16-3-4-19-2/h5-7,9,17H,3-4,8H2,1-2H3,(H,16,18). The van der Waals surface area contributed by atoms with Crippen LogP contribution in [0, 0.1) is 11.6 Å². The summed E-state index contributed by atoms with van der Waals surface area (Å²) in [5.74, 6) is -1.46. The van der Waals surface area contributed by atoms with Gasteiger partial charge in [-0.3, -0.25) is 4.79 Å². The van der Waals surface area contributed by atoms with Crippen LogP contribution < -0.4 is 10.6 Å². The number of amides is 1. The van der Waals surface area contributed by atoms with Crippen molar-refractivity contribution >= 4 is 5.91 Å². The molecule has 0 heterocycles. The third-order valence-electron chi connectivity index (χ3n) is 2.58. The zero-order chi connectivity index (χ0) is 14.3. The summed E-state index contributed by atoms with van der Waals surface area (Å²) in [4.78, 5) is 11.4. The first-order valence-corrected chi connectivity index (χ1v) is 5.98. The molecule has 2 N–H and O–H groups in total. The van der Waals surface area contributed by atoms with Crippen LogP contribution in [0.1, 0.15) is 18.5 Å². The summed E-state index contributed by atoms with van der Waals surface area (Å²) >= 11 is 0. The van der Waals surface area contributed by atoms with E-state index >= 15 is 0 Å². The number of halogens is 2. The minimum atomic E-state index is -0.631. The highest BCUT2D eigenvalue weighted by molar-refractivity contribution is 5.78. The summed E-state index contributed by atoms with van der Waals surface area (Å²) in [7, 11) is 1.55. The highest BCUT2D eigenvalue weighted by Gasteiger charge is 2.10. The van der Waals surface area contributed by atoms with E-state index in [0.29, 0.717) is 18.7 Å². The first kappa shape index (κ1) is 15.5. The van der Waals surface area contributed by atoms with E-state index in [4.69, 9.17) is 4.74 Å². The fourth-order valence-corrected chi connectivity index (χ4v) is 1.54. The zero-order valence-electron chi connectivity index (χ0n) is 11.0. The molecule has 4 nitrogen and oxygen atoms in total. The Kier molecular flexibility index (Phi) is 6.38. The average molecular weight is 272 g/mol. The minimum Gasteiger partial charge on any atom is -0.383 e. The van der Waals surface area contributed by atoms with Gasteiger partial charge in [-0.05, 0) is 24.6 Å². The zero-order valence-corrected chi connectivity index (χ0v) is 11.0. The fraction of sp³-hybridized carbons (Fsp3) is 0.462. The summed E-state index contributed by atoms with van der Waals surface area (Å²) in [6, 6.07) is 2.97. The number of carbonyl (C=O) groups is 1. The van der Waals surface area contributed by atoms with Crippen molar-refractivity contribution in [2.45, 2.75) is 13.0 Å². The third kappa shape index (κ3) is 5.76. The van der Waals surface area contributed by atoms with Crippen LogP contribution in [0.5, 0.6) is 0 Å². The molecular weight excluding hydrogens is 254 g/mol. The molecule has 0 bridgehead atoms. The molecule has 0 aliphatic heterocycles. The molecule has 0 saturated heterocycles. The van der Waals surface area contributed by atoms with Crippen LogP contribution in [0.3, 0.4) is 0 Å². The van der Waals surface area contributed by atoms with Crippen molar-refractivity contribution < 1.29 is 18.3 Å². The molecule has 0 aliphatic rings. The van der Waals surface area contributed by atoms with Gasteiger partial charge in [0.25, 0.3) is 0 Å². The maximum atomic E-state index is 13.0. The van der Waals surface area contributed by atoms with E-state index in [1.165, 1.54) is 12.1 Å². The van der Waals surface area contributed by atoms with Crippen LogP contribution in [0.4, 0.5) is 8.78 Å². The van der Waals surface area contributed by atoms with Crippen molar-refractivity contribution in [3.63, 3.8) is 0 Å². The first-order chi connectivity index (χ1) is 9.02. The molecule has 1 atom stereocenters. The van der Waals surface area contributed by atoms with Crippen molar-refractivity contribution in [3.8, 4) is 0 Å². The highest BCUT2D eigenvalue weighted by atomic mass is 19.1. The average Bonchev–Trinajstić information content (AvgIpc) is 2.35. The van der Waals surface area contributed by atoms with Crippen LogP contribution in [0.2, 0.25) is 0 Å². The second kappa shape index (κ2) is 7.81. The Labute approximate surface area is 111 Å². The number of hydrogen-bond acceptors (Lipinski definition) is 3. The van der Waals surface area contributed by atoms with E-state index in [2.05, 4.69) is 10.6 Å². The topological polar surface area (TPSA) is 50.4 Å². The number of ether oxygens (including phenoxy) is 1. The SMILES string of the molecule is COCCNC(=O)CNC(C)c1cc(F)cc(F)c1. The van der Waals surface area contributed by atoms with Crippen LogP contribution in [-0.4, -0.2) is 32.7 Å². The van der Waals surface area contributed by atoms with E-state index in [1.807, 2.05) is 0 Å². The number of rotatable bonds is 7. The van der Waals surface area contributed by atoms with Gasteiger partial charge in [0.2, 0.25) is 5.91 Å². The molecule has 1 rings (SSSR count). The summed E-state index contributed by atoms with van der Waals surface area (Å²) in [6.07, 6.45) is 0. The van der Waals surface area contributed by atoms with Crippen molar-refractivity contribution in [2.75, 3.05) is 26.8 Å². The second-order valence-electron chi connectivity index (χ2n) is 4.15. The molecule has 0 aliphatic carbocycles. The Hall–Kier alpha value is -1.53. The molecule has 1 aromatic rings. The van der Waals surface area contributed by atoms with E-state index in [0.717, 1.165) is 6.07 Å². The molecule has 1 amide bonds. The van der Waals surface area contributed by atoms with E-state index in [9.17, 15) is 13.6 Å². The van der Waals surface area contributed by atoms with Crippen LogP contribution in [-0.2, 0) is 9.53 Å². The van der Waals surface area contributed by atoms with E-state index in [1.54, 1.807) is 14.0 Å². The van der Waals surface area contributed by atoms with Gasteiger partial charge >= 0.3 is 0 Å². The van der Waals surface area contributed by atoms with Gasteiger partial charge in [-0.2, -0.15) is 0 Å². The van der Waals surface area contributed by atoms with Crippen LogP contribution in [0.15, 0.2) is 18.2 Å². The number of nitrogens with one attached hydrogen (secondary N) is 2. The highest BCUT2D eigenvalue weighted by Crippen LogP contribution is 2.15. The predicted molar refractivity (Wildman–Crippen MR) is 67.7 cm³/mol. The Morgan fingerprint density at radius 2 is 1.95 bits per heavy atom. The molecule has 0 fully saturated rings. The lowest BCUT2D eigenvalue weighted by molar-refractivity contribution is -0.120. The third-order valence-corrected chi connectivity index (χ3v) is 2.58. The second-order valence-corrected chi connectivity index (χ2v) is 4.15. The molecule has 0 radical (unpaired) electrons. The van der Waals surface area contributed by atoms with Crippen LogP contribution in [0.25, 0.3) is 0 Å². The monoisotopic (exact) mass is 272 g/mol. The molecule has 1 unspecified atom stereocenters. The Morgan fingerprint density at radius 1 is 1.32 bits per heavy atom. The Bertz CT molecular complexity index is 407. The smallest absolute Gasteiger partial charge is 0.234 e. The lowest BCUT2D eigenvalue weighted by atomic mass is 10.1. The van der Waals surface area contributed by atoms with Gasteiger partial charge in [0.15, 0.2) is 0 Å². The van der Waals surface area contributed by atoms with E-state index in [-0.39, 0.29) is 18.5 Å². The molecular formula is C13H18F2N2O2. The quantitative estimate of drug-likeness (QED) is 0.737. The summed E-state index contributed by atoms with van der Waals surface area (Å²) in [5, 5.41) is 5.53. The van der Waals surface area contributed by atoms with Crippen molar-refractivity contribution in [1.29, 1.82) is 0 Å². The van der Waals surface area contributed by atoms with Gasteiger partial charge in [-0.1, -0.05) is 0 Å². The molecule has 1 aromatic carbocycles. The van der Waals surface area contributed by atoms with Crippen molar-refractivity contribution in [1.82, 2.24) is 10.6 Å². The van der Waals surface area contributed by atoms with Gasteiger partial charge < -0.3 is 15.4 Å². The molecule has 106 valence electrons. The number of hydrogen-bond donors (Lipinski definition) is 2. The van der Waals surface area contributed by atoms with Crippen LogP contribution >= 0.6 is 0 Å². The van der Waals surface area contributed by atoms with Crippen molar-refractivity contribution in [3.05, 3.63) is 35.4 Å². The molecule has 6 heteroatoms. The maximum absolute atomic E-state index is 13.0. The van der Waals surface area contributed by atoms with Gasteiger partial charge in [0.05, 0.1) is 13.2 Å². The molecule has 0 aromatic heterocycles. The summed E-state index contributed by atoms with van der Waals surface area (Å²) < 4.78 is 30.9. The first-order valence-electron chi connectivity index (χ1n) is 5.98. The van der Waals surface area contributed by atoms with Gasteiger partial charge in [0, 0.05) is 25.8 Å². The Balaban J connectivity index is 2.42. The normalized spacial score (nSPS) is 12.2.